The van der Waals surface area contributed by atoms with Crippen LogP contribution in [0.3, 0.4) is 0 Å². The lowest BCUT2D eigenvalue weighted by atomic mass is 10.3. The van der Waals surface area contributed by atoms with Gasteiger partial charge in [0.2, 0.25) is 0 Å². The van der Waals surface area contributed by atoms with E-state index in [1.165, 1.54) is 5.56 Å². The monoisotopic (exact) mass is 354 g/mol. The van der Waals surface area contributed by atoms with Crippen LogP contribution in [-0.2, 0) is 6.54 Å². The van der Waals surface area contributed by atoms with Gasteiger partial charge in [0.15, 0.2) is 0 Å². The van der Waals surface area contributed by atoms with Gasteiger partial charge in [-0.3, -0.25) is 0 Å². The molecule has 0 amide bonds. The van der Waals surface area contributed by atoms with Crippen LogP contribution < -0.4 is 0 Å². The summed E-state index contributed by atoms with van der Waals surface area (Å²) in [6.45, 7) is 2.69. The highest BCUT2D eigenvalue weighted by Crippen LogP contribution is 2.26. The number of halogens is 1. The third-order valence-corrected chi connectivity index (χ3v) is 4.70. The van der Waals surface area contributed by atoms with Crippen molar-refractivity contribution in [1.29, 1.82) is 0 Å². The predicted molar refractivity (Wildman–Crippen MR) is 81.9 cm³/mol. The standard InChI is InChI=1S/C12H11BrN4S2/c1-8(13)11-5-17(16-15-11)4-10-7-19-12(14-10)9-2-3-18-6-9/h2-3,5-8H,4H2,1H3. The smallest absolute Gasteiger partial charge is 0.124 e. The number of alkyl halides is 1. The normalized spacial score (nSPS) is 12.7. The zero-order chi connectivity index (χ0) is 13.2. The molecule has 98 valence electrons. The first-order chi connectivity index (χ1) is 9.22. The lowest BCUT2D eigenvalue weighted by Gasteiger charge is -1.96. The minimum absolute atomic E-state index is 0.220. The Hall–Kier alpha value is -1.05. The number of rotatable bonds is 4. The van der Waals surface area contributed by atoms with E-state index in [0.717, 1.165) is 16.4 Å². The van der Waals surface area contributed by atoms with Crippen LogP contribution in [0.15, 0.2) is 28.4 Å². The van der Waals surface area contributed by atoms with E-state index in [1.807, 2.05) is 17.8 Å². The first kappa shape index (κ1) is 13.0. The van der Waals surface area contributed by atoms with Crippen molar-refractivity contribution in [1.82, 2.24) is 20.0 Å². The average molecular weight is 355 g/mol. The molecule has 3 heterocycles. The summed E-state index contributed by atoms with van der Waals surface area (Å²) in [5, 5.41) is 15.5. The second-order valence-electron chi connectivity index (χ2n) is 4.11. The summed E-state index contributed by atoms with van der Waals surface area (Å²) in [5.41, 5.74) is 3.15. The van der Waals surface area contributed by atoms with E-state index in [1.54, 1.807) is 22.7 Å². The summed E-state index contributed by atoms with van der Waals surface area (Å²) < 4.78 is 1.82. The Kier molecular flexibility index (Phi) is 3.76. The molecule has 0 aliphatic rings. The Labute approximate surface area is 127 Å². The third-order valence-electron chi connectivity index (χ3n) is 2.61. The number of aromatic nitrogens is 4. The maximum Gasteiger partial charge on any atom is 0.124 e. The molecule has 3 rings (SSSR count). The van der Waals surface area contributed by atoms with Crippen LogP contribution in [0.5, 0.6) is 0 Å². The van der Waals surface area contributed by atoms with E-state index in [4.69, 9.17) is 0 Å². The van der Waals surface area contributed by atoms with Gasteiger partial charge in [0.05, 0.1) is 29.0 Å². The molecule has 3 aromatic heterocycles. The summed E-state index contributed by atoms with van der Waals surface area (Å²) in [5.74, 6) is 0. The van der Waals surface area contributed by atoms with Crippen molar-refractivity contribution >= 4 is 38.6 Å². The molecule has 19 heavy (non-hydrogen) atoms. The molecule has 0 fully saturated rings. The van der Waals surface area contributed by atoms with Crippen LogP contribution in [0.1, 0.15) is 23.1 Å². The van der Waals surface area contributed by atoms with E-state index in [2.05, 4.69) is 53.4 Å². The third kappa shape index (κ3) is 2.93. The van der Waals surface area contributed by atoms with Crippen LogP contribution in [0.25, 0.3) is 10.6 Å². The highest BCUT2D eigenvalue weighted by molar-refractivity contribution is 9.09. The summed E-state index contributed by atoms with van der Waals surface area (Å²) >= 11 is 6.84. The van der Waals surface area contributed by atoms with E-state index >= 15 is 0 Å². The van der Waals surface area contributed by atoms with Crippen molar-refractivity contribution in [3.63, 3.8) is 0 Å². The molecule has 1 unspecified atom stereocenters. The van der Waals surface area contributed by atoms with Gasteiger partial charge in [-0.1, -0.05) is 21.1 Å². The Balaban J connectivity index is 1.76. The van der Waals surface area contributed by atoms with Crippen molar-refractivity contribution < 1.29 is 0 Å². The van der Waals surface area contributed by atoms with Crippen molar-refractivity contribution in [3.8, 4) is 10.6 Å². The number of thiophene rings is 1. The minimum Gasteiger partial charge on any atom is -0.246 e. The molecule has 0 radical (unpaired) electrons. The second kappa shape index (κ2) is 5.52. The van der Waals surface area contributed by atoms with E-state index in [-0.39, 0.29) is 4.83 Å². The van der Waals surface area contributed by atoms with Gasteiger partial charge in [0.25, 0.3) is 0 Å². The Morgan fingerprint density at radius 1 is 1.42 bits per heavy atom. The van der Waals surface area contributed by atoms with E-state index < -0.39 is 0 Å². The van der Waals surface area contributed by atoms with Crippen molar-refractivity contribution in [2.24, 2.45) is 0 Å². The molecule has 0 aliphatic heterocycles. The molecular formula is C12H11BrN4S2. The zero-order valence-electron chi connectivity index (χ0n) is 10.2. The molecular weight excluding hydrogens is 344 g/mol. The number of thiazole rings is 1. The van der Waals surface area contributed by atoms with Crippen molar-refractivity contribution in [3.05, 3.63) is 39.8 Å². The zero-order valence-corrected chi connectivity index (χ0v) is 13.4. The Morgan fingerprint density at radius 3 is 3.00 bits per heavy atom. The first-order valence-electron chi connectivity index (χ1n) is 5.73. The second-order valence-corrected chi connectivity index (χ2v) is 7.12. The van der Waals surface area contributed by atoms with Gasteiger partial charge in [0, 0.05) is 16.3 Å². The van der Waals surface area contributed by atoms with Gasteiger partial charge >= 0.3 is 0 Å². The van der Waals surface area contributed by atoms with Gasteiger partial charge < -0.3 is 0 Å². The van der Waals surface area contributed by atoms with Crippen molar-refractivity contribution in [2.45, 2.75) is 18.3 Å². The number of hydrogen-bond acceptors (Lipinski definition) is 5. The predicted octanol–water partition coefficient (Wildman–Crippen LogP) is 3.97. The fraction of sp³-hybridized carbons (Fsp3) is 0.250. The summed E-state index contributed by atoms with van der Waals surface area (Å²) in [6.07, 6.45) is 1.95. The molecule has 7 heteroatoms. The van der Waals surface area contributed by atoms with Crippen LogP contribution in [-0.4, -0.2) is 20.0 Å². The van der Waals surface area contributed by atoms with Crippen LogP contribution in [0, 0.1) is 0 Å². The van der Waals surface area contributed by atoms with E-state index in [0.29, 0.717) is 6.54 Å². The number of hydrogen-bond donors (Lipinski definition) is 0. The SMILES string of the molecule is CC(Br)c1cn(Cc2csc(-c3ccsc3)n2)nn1. The molecule has 1 atom stereocenters. The Morgan fingerprint density at radius 2 is 2.32 bits per heavy atom. The van der Waals surface area contributed by atoms with Crippen LogP contribution >= 0.6 is 38.6 Å². The van der Waals surface area contributed by atoms with Crippen molar-refractivity contribution in [2.75, 3.05) is 0 Å². The van der Waals surface area contributed by atoms with Gasteiger partial charge in [0.1, 0.15) is 5.01 Å². The molecule has 0 saturated carbocycles. The minimum atomic E-state index is 0.220. The maximum absolute atomic E-state index is 4.63. The van der Waals surface area contributed by atoms with Gasteiger partial charge in [-0.2, -0.15) is 11.3 Å². The quantitative estimate of drug-likeness (QED) is 0.665. The topological polar surface area (TPSA) is 43.6 Å². The molecule has 0 aromatic carbocycles. The van der Waals surface area contributed by atoms with Crippen LogP contribution in [0.2, 0.25) is 0 Å². The fourth-order valence-corrected chi connectivity index (χ4v) is 3.37. The molecule has 0 spiro atoms. The van der Waals surface area contributed by atoms with Gasteiger partial charge in [-0.25, -0.2) is 9.67 Å². The van der Waals surface area contributed by atoms with E-state index in [9.17, 15) is 0 Å². The summed E-state index contributed by atoms with van der Waals surface area (Å²) in [7, 11) is 0. The highest BCUT2D eigenvalue weighted by Gasteiger charge is 2.09. The molecule has 0 N–H and O–H groups in total. The average Bonchev–Trinajstić information content (AvgIpc) is 3.09. The van der Waals surface area contributed by atoms with Crippen LogP contribution in [0.4, 0.5) is 0 Å². The largest absolute Gasteiger partial charge is 0.246 e. The van der Waals surface area contributed by atoms with Gasteiger partial charge in [-0.05, 0) is 18.4 Å². The fourth-order valence-electron chi connectivity index (χ4n) is 1.64. The molecule has 4 nitrogen and oxygen atoms in total. The molecule has 0 aliphatic carbocycles. The molecule has 0 bridgehead atoms. The van der Waals surface area contributed by atoms with Gasteiger partial charge in [-0.15, -0.1) is 16.4 Å². The Bertz CT molecular complexity index is 657. The lowest BCUT2D eigenvalue weighted by Crippen LogP contribution is -2.00. The first-order valence-corrected chi connectivity index (χ1v) is 8.47. The molecule has 3 aromatic rings. The lowest BCUT2D eigenvalue weighted by molar-refractivity contribution is 0.641. The molecule has 0 saturated heterocycles. The summed E-state index contributed by atoms with van der Waals surface area (Å²) in [4.78, 5) is 4.85. The number of nitrogens with zero attached hydrogens (tertiary/aromatic N) is 4. The highest BCUT2D eigenvalue weighted by atomic mass is 79.9. The maximum atomic E-state index is 4.63. The summed E-state index contributed by atoms with van der Waals surface area (Å²) in [6, 6.07) is 2.09.